The molecule has 0 unspecified atom stereocenters. The Labute approximate surface area is 162 Å². The van der Waals surface area contributed by atoms with Crippen LogP contribution in [-0.2, 0) is 14.1 Å². The van der Waals surface area contributed by atoms with Gasteiger partial charge in [0.25, 0.3) is 0 Å². The maximum Gasteiger partial charge on any atom is 0.140 e. The smallest absolute Gasteiger partial charge is 0.140 e. The van der Waals surface area contributed by atoms with Crippen molar-refractivity contribution in [2.75, 3.05) is 11.5 Å². The van der Waals surface area contributed by atoms with Gasteiger partial charge in [0.2, 0.25) is 0 Å². The fraction of sp³-hybridized carbons (Fsp3) is 0.0909. The lowest BCUT2D eigenvalue weighted by Gasteiger charge is -2.06. The number of nitrogens with two attached hydrogens (primary N) is 2. The van der Waals surface area contributed by atoms with E-state index in [0.717, 1.165) is 56.2 Å². The zero-order valence-corrected chi connectivity index (χ0v) is 15.7. The minimum Gasteiger partial charge on any atom is -0.399 e. The van der Waals surface area contributed by atoms with Gasteiger partial charge < -0.3 is 20.6 Å². The van der Waals surface area contributed by atoms with Gasteiger partial charge in [0.05, 0.1) is 22.1 Å². The lowest BCUT2D eigenvalue weighted by Crippen LogP contribution is -1.95. The van der Waals surface area contributed by atoms with Crippen molar-refractivity contribution in [1.82, 2.24) is 19.1 Å². The minimum atomic E-state index is 0.718. The van der Waals surface area contributed by atoms with Crippen LogP contribution in [0.3, 0.4) is 0 Å². The van der Waals surface area contributed by atoms with Crippen LogP contribution in [0.2, 0.25) is 0 Å². The lowest BCUT2D eigenvalue weighted by molar-refractivity contribution is 0.956. The number of benzene rings is 3. The summed E-state index contributed by atoms with van der Waals surface area (Å²) in [6, 6.07) is 19.9. The van der Waals surface area contributed by atoms with Crippen LogP contribution in [0.25, 0.3) is 44.8 Å². The Kier molecular flexibility index (Phi) is 3.42. The van der Waals surface area contributed by atoms with Gasteiger partial charge in [-0.1, -0.05) is 24.3 Å². The second-order valence-corrected chi connectivity index (χ2v) is 7.06. The first-order chi connectivity index (χ1) is 13.5. The molecule has 28 heavy (non-hydrogen) atoms. The number of hydrogen-bond donors (Lipinski definition) is 2. The molecule has 0 spiro atoms. The van der Waals surface area contributed by atoms with Crippen LogP contribution in [0.15, 0.2) is 60.7 Å². The molecule has 6 nitrogen and oxygen atoms in total. The number of nitrogen functional groups attached to an aromatic ring is 2. The third-order valence-electron chi connectivity index (χ3n) is 5.21. The minimum absolute atomic E-state index is 0.718. The van der Waals surface area contributed by atoms with Crippen molar-refractivity contribution in [1.29, 1.82) is 0 Å². The number of aryl methyl sites for hydroxylation is 2. The van der Waals surface area contributed by atoms with Crippen LogP contribution in [-0.4, -0.2) is 19.1 Å². The standard InChI is InChI=1S/C22H20N6/c1-27-19-10-8-15(23)11-18(19)26-22(27)14-5-3-13(4-6-14)21-25-17-9-7-16(24)12-20(17)28(21)2/h3-12H,23-24H2,1-2H3. The van der Waals surface area contributed by atoms with E-state index in [0.29, 0.717) is 0 Å². The fourth-order valence-electron chi connectivity index (χ4n) is 3.71. The summed E-state index contributed by atoms with van der Waals surface area (Å²) in [5.74, 6) is 1.81. The summed E-state index contributed by atoms with van der Waals surface area (Å²) < 4.78 is 4.15. The maximum atomic E-state index is 5.92. The molecular weight excluding hydrogens is 348 g/mol. The molecule has 2 aromatic heterocycles. The van der Waals surface area contributed by atoms with Crippen LogP contribution in [0.4, 0.5) is 11.4 Å². The van der Waals surface area contributed by atoms with Crippen molar-refractivity contribution in [3.05, 3.63) is 60.7 Å². The first-order valence-corrected chi connectivity index (χ1v) is 9.06. The highest BCUT2D eigenvalue weighted by molar-refractivity contribution is 5.85. The molecule has 0 amide bonds. The van der Waals surface area contributed by atoms with Crippen molar-refractivity contribution in [2.24, 2.45) is 14.1 Å². The highest BCUT2D eigenvalue weighted by Crippen LogP contribution is 2.29. The monoisotopic (exact) mass is 368 g/mol. The molecule has 0 saturated carbocycles. The molecule has 0 aliphatic carbocycles. The number of rotatable bonds is 2. The van der Waals surface area contributed by atoms with Gasteiger partial charge in [-0.3, -0.25) is 0 Å². The van der Waals surface area contributed by atoms with E-state index in [9.17, 15) is 0 Å². The Morgan fingerprint density at radius 3 is 1.82 bits per heavy atom. The average Bonchev–Trinajstić information content (AvgIpc) is 3.19. The van der Waals surface area contributed by atoms with Crippen molar-refractivity contribution < 1.29 is 0 Å². The van der Waals surface area contributed by atoms with Crippen molar-refractivity contribution >= 4 is 33.4 Å². The molecule has 5 rings (SSSR count). The molecule has 0 aliphatic heterocycles. The van der Waals surface area contributed by atoms with E-state index < -0.39 is 0 Å². The summed E-state index contributed by atoms with van der Waals surface area (Å²) in [6.07, 6.45) is 0. The number of aromatic nitrogens is 4. The Bertz CT molecular complexity index is 1320. The third kappa shape index (κ3) is 2.42. The second kappa shape index (κ2) is 5.85. The zero-order chi connectivity index (χ0) is 19.4. The van der Waals surface area contributed by atoms with Gasteiger partial charge in [0.1, 0.15) is 11.6 Å². The van der Waals surface area contributed by atoms with Crippen LogP contribution < -0.4 is 11.5 Å². The van der Waals surface area contributed by atoms with Crippen LogP contribution >= 0.6 is 0 Å². The SMILES string of the molecule is Cn1c(-c2ccc(-c3nc4ccc(N)cc4n3C)cc2)nc2cc(N)ccc21. The quantitative estimate of drug-likeness (QED) is 0.462. The topological polar surface area (TPSA) is 87.7 Å². The van der Waals surface area contributed by atoms with E-state index in [1.165, 1.54) is 0 Å². The molecule has 0 atom stereocenters. The lowest BCUT2D eigenvalue weighted by atomic mass is 10.1. The number of hydrogen-bond acceptors (Lipinski definition) is 4. The van der Waals surface area contributed by atoms with Crippen LogP contribution in [0.5, 0.6) is 0 Å². The predicted molar refractivity (Wildman–Crippen MR) is 115 cm³/mol. The first kappa shape index (κ1) is 16.4. The zero-order valence-electron chi connectivity index (χ0n) is 15.7. The number of imidazole rings is 2. The molecule has 0 aliphatic rings. The normalized spacial score (nSPS) is 11.5. The van der Waals surface area contributed by atoms with Gasteiger partial charge in [-0.25, -0.2) is 9.97 Å². The van der Waals surface area contributed by atoms with Crippen molar-refractivity contribution in [3.8, 4) is 22.8 Å². The van der Waals surface area contributed by atoms with Gasteiger partial charge in [0.15, 0.2) is 0 Å². The van der Waals surface area contributed by atoms with Gasteiger partial charge in [-0.2, -0.15) is 0 Å². The largest absolute Gasteiger partial charge is 0.399 e. The Hall–Kier alpha value is -3.80. The maximum absolute atomic E-state index is 5.92. The Morgan fingerprint density at radius 1 is 0.607 bits per heavy atom. The summed E-state index contributed by atoms with van der Waals surface area (Å²) in [5, 5.41) is 0. The molecule has 0 radical (unpaired) electrons. The molecule has 0 saturated heterocycles. The third-order valence-corrected chi connectivity index (χ3v) is 5.21. The Balaban J connectivity index is 1.58. The number of nitrogens with zero attached hydrogens (tertiary/aromatic N) is 4. The second-order valence-electron chi connectivity index (χ2n) is 7.06. The molecular formula is C22H20N6. The Morgan fingerprint density at radius 2 is 1.14 bits per heavy atom. The molecule has 2 heterocycles. The first-order valence-electron chi connectivity index (χ1n) is 9.06. The summed E-state index contributed by atoms with van der Waals surface area (Å²) in [5.41, 5.74) is 19.3. The van der Waals surface area contributed by atoms with E-state index in [4.69, 9.17) is 21.4 Å². The molecule has 0 fully saturated rings. The summed E-state index contributed by atoms with van der Waals surface area (Å²) in [7, 11) is 4.03. The molecule has 4 N–H and O–H groups in total. The van der Waals surface area contributed by atoms with E-state index in [-0.39, 0.29) is 0 Å². The van der Waals surface area contributed by atoms with Gasteiger partial charge in [-0.15, -0.1) is 0 Å². The molecule has 138 valence electrons. The predicted octanol–water partition coefficient (Wildman–Crippen LogP) is 3.96. The van der Waals surface area contributed by atoms with Crippen LogP contribution in [0.1, 0.15) is 0 Å². The van der Waals surface area contributed by atoms with E-state index in [1.54, 1.807) is 0 Å². The summed E-state index contributed by atoms with van der Waals surface area (Å²) >= 11 is 0. The van der Waals surface area contributed by atoms with E-state index in [2.05, 4.69) is 33.4 Å². The van der Waals surface area contributed by atoms with Crippen molar-refractivity contribution in [3.63, 3.8) is 0 Å². The van der Waals surface area contributed by atoms with E-state index >= 15 is 0 Å². The molecule has 0 bridgehead atoms. The highest BCUT2D eigenvalue weighted by Gasteiger charge is 2.13. The van der Waals surface area contributed by atoms with Crippen molar-refractivity contribution in [2.45, 2.75) is 0 Å². The fourth-order valence-corrected chi connectivity index (χ4v) is 3.71. The number of fused-ring (bicyclic) bond motifs is 2. The van der Waals surface area contributed by atoms with Crippen LogP contribution in [0, 0.1) is 0 Å². The molecule has 6 heteroatoms. The summed E-state index contributed by atoms with van der Waals surface area (Å²) in [6.45, 7) is 0. The number of anilines is 2. The van der Waals surface area contributed by atoms with Gasteiger partial charge >= 0.3 is 0 Å². The highest BCUT2D eigenvalue weighted by atomic mass is 15.1. The molecule has 5 aromatic rings. The summed E-state index contributed by atoms with van der Waals surface area (Å²) in [4.78, 5) is 9.52. The van der Waals surface area contributed by atoms with Gasteiger partial charge in [0, 0.05) is 36.6 Å². The van der Waals surface area contributed by atoms with E-state index in [1.807, 2.05) is 50.5 Å². The molecule has 3 aromatic carbocycles. The van der Waals surface area contributed by atoms with Gasteiger partial charge in [-0.05, 0) is 36.4 Å². The average molecular weight is 368 g/mol.